The van der Waals surface area contributed by atoms with Gasteiger partial charge >= 0.3 is 5.97 Å². The smallest absolute Gasteiger partial charge is 0.328 e. The molecule has 2 aromatic heterocycles. The predicted molar refractivity (Wildman–Crippen MR) is 192 cm³/mol. The number of fused-ring (bicyclic) bond motifs is 1. The standard InChI is InChI=1S/C38H42ClFN6O7/c1-51-38(50)33-17-27(47)19-46(33)36(48)18-41-37(49)24-6-8-32-31(15-24)42-34(45(32)20-28-11-14-52-28)21-44-12-9-23(10-13-44)30-3-2-4-35(43-30)53-22-25-5-7-26(39)16-29(25)40/h2-8,15-16,23,27-28,33,47H,9-14,17-22H2,1H3,(H,41,49)/t27-,28?,33+/m1/s1. The third-order valence-corrected chi connectivity index (χ3v) is 10.5. The molecule has 15 heteroatoms. The van der Waals surface area contributed by atoms with Crippen LogP contribution >= 0.6 is 11.6 Å². The summed E-state index contributed by atoms with van der Waals surface area (Å²) in [4.78, 5) is 51.5. The van der Waals surface area contributed by atoms with E-state index in [-0.39, 0.29) is 38.1 Å². The first-order valence-corrected chi connectivity index (χ1v) is 18.2. The Morgan fingerprint density at radius 1 is 1.08 bits per heavy atom. The number of hydrogen-bond donors (Lipinski definition) is 2. The van der Waals surface area contributed by atoms with Crippen LogP contribution in [0.15, 0.2) is 54.6 Å². The number of carbonyl (C=O) groups is 3. The minimum Gasteiger partial charge on any atom is -0.473 e. The largest absolute Gasteiger partial charge is 0.473 e. The van der Waals surface area contributed by atoms with Gasteiger partial charge in [-0.2, -0.15) is 0 Å². The lowest BCUT2D eigenvalue weighted by molar-refractivity contribution is -0.150. The molecule has 0 radical (unpaired) electrons. The third kappa shape index (κ3) is 8.46. The van der Waals surface area contributed by atoms with E-state index in [1.165, 1.54) is 18.1 Å². The molecule has 5 heterocycles. The van der Waals surface area contributed by atoms with Crippen LogP contribution in [0.4, 0.5) is 4.39 Å². The van der Waals surface area contributed by atoms with Crippen LogP contribution < -0.4 is 10.1 Å². The first kappa shape index (κ1) is 36.7. The van der Waals surface area contributed by atoms with Crippen molar-refractivity contribution in [3.8, 4) is 5.88 Å². The summed E-state index contributed by atoms with van der Waals surface area (Å²) >= 11 is 5.87. The predicted octanol–water partition coefficient (Wildman–Crippen LogP) is 3.84. The minimum absolute atomic E-state index is 0.00282. The lowest BCUT2D eigenvalue weighted by Gasteiger charge is -2.32. The zero-order chi connectivity index (χ0) is 37.1. The molecule has 2 amide bonds. The third-order valence-electron chi connectivity index (χ3n) is 10.2. The summed E-state index contributed by atoms with van der Waals surface area (Å²) in [7, 11) is 1.23. The van der Waals surface area contributed by atoms with Crippen molar-refractivity contribution in [2.24, 2.45) is 0 Å². The summed E-state index contributed by atoms with van der Waals surface area (Å²) in [5, 5.41) is 13.0. The number of aliphatic hydroxyl groups is 1. The van der Waals surface area contributed by atoms with Gasteiger partial charge < -0.3 is 34.1 Å². The number of benzene rings is 2. The maximum atomic E-state index is 14.2. The van der Waals surface area contributed by atoms with Gasteiger partial charge in [0.25, 0.3) is 5.91 Å². The van der Waals surface area contributed by atoms with Gasteiger partial charge in [0.1, 0.15) is 24.3 Å². The van der Waals surface area contributed by atoms with Crippen LogP contribution in [0.25, 0.3) is 11.0 Å². The minimum atomic E-state index is -0.884. The fourth-order valence-corrected chi connectivity index (χ4v) is 7.36. The zero-order valence-corrected chi connectivity index (χ0v) is 30.1. The molecule has 7 rings (SSSR count). The highest BCUT2D eigenvalue weighted by atomic mass is 35.5. The second-order valence-electron chi connectivity index (χ2n) is 13.8. The number of carbonyl (C=O) groups excluding carboxylic acids is 3. The van der Waals surface area contributed by atoms with Gasteiger partial charge in [-0.1, -0.05) is 23.7 Å². The molecule has 13 nitrogen and oxygen atoms in total. The molecule has 0 aliphatic carbocycles. The number of amides is 2. The van der Waals surface area contributed by atoms with Crippen molar-refractivity contribution in [3.05, 3.63) is 88.1 Å². The number of imidazole rings is 1. The molecular formula is C38H42ClFN6O7. The van der Waals surface area contributed by atoms with Crippen molar-refractivity contribution in [2.75, 3.05) is 39.9 Å². The van der Waals surface area contributed by atoms with Gasteiger partial charge in [-0.25, -0.2) is 19.2 Å². The monoisotopic (exact) mass is 748 g/mol. The molecule has 3 aliphatic rings. The van der Waals surface area contributed by atoms with E-state index in [1.54, 1.807) is 30.3 Å². The molecule has 53 heavy (non-hydrogen) atoms. The highest BCUT2D eigenvalue weighted by Gasteiger charge is 2.39. The molecular weight excluding hydrogens is 707 g/mol. The molecule has 3 aliphatic heterocycles. The van der Waals surface area contributed by atoms with Crippen LogP contribution in [0, 0.1) is 5.82 Å². The van der Waals surface area contributed by atoms with Gasteiger partial charge in [0.15, 0.2) is 0 Å². The van der Waals surface area contributed by atoms with E-state index in [2.05, 4.69) is 14.8 Å². The van der Waals surface area contributed by atoms with Crippen molar-refractivity contribution in [1.82, 2.24) is 29.7 Å². The number of nitrogens with one attached hydrogen (secondary N) is 1. The Hall–Kier alpha value is -4.63. The second-order valence-corrected chi connectivity index (χ2v) is 14.2. The van der Waals surface area contributed by atoms with E-state index in [0.29, 0.717) is 40.6 Å². The fraction of sp³-hybridized carbons (Fsp3) is 0.447. The van der Waals surface area contributed by atoms with E-state index in [4.69, 9.17) is 35.8 Å². The number of nitrogens with zero attached hydrogens (tertiary/aromatic N) is 5. The van der Waals surface area contributed by atoms with Gasteiger partial charge in [0.2, 0.25) is 11.8 Å². The Morgan fingerprint density at radius 3 is 2.62 bits per heavy atom. The molecule has 1 unspecified atom stereocenters. The zero-order valence-electron chi connectivity index (χ0n) is 29.4. The van der Waals surface area contributed by atoms with E-state index in [9.17, 15) is 23.9 Å². The van der Waals surface area contributed by atoms with Crippen molar-refractivity contribution < 1.29 is 38.1 Å². The van der Waals surface area contributed by atoms with E-state index in [1.807, 2.05) is 18.2 Å². The van der Waals surface area contributed by atoms with Gasteiger partial charge in [0.05, 0.1) is 50.0 Å². The molecule has 3 atom stereocenters. The Balaban J connectivity index is 0.981. The van der Waals surface area contributed by atoms with Crippen LogP contribution in [0.1, 0.15) is 59.0 Å². The molecule has 280 valence electrons. The quantitative estimate of drug-likeness (QED) is 0.205. The number of β-amino-alcohol motifs (C(OH)–C–C–N with tert-alkyl or cyclic N) is 1. The maximum Gasteiger partial charge on any atom is 0.328 e. The number of piperidine rings is 1. The molecule has 0 spiro atoms. The highest BCUT2D eigenvalue weighted by molar-refractivity contribution is 6.30. The van der Waals surface area contributed by atoms with Crippen molar-refractivity contribution >= 4 is 40.4 Å². The molecule has 0 saturated carbocycles. The van der Waals surface area contributed by atoms with Crippen LogP contribution in [0.2, 0.25) is 5.02 Å². The Morgan fingerprint density at radius 2 is 1.89 bits per heavy atom. The number of pyridine rings is 1. The van der Waals surface area contributed by atoms with Crippen LogP contribution in [-0.2, 0) is 38.8 Å². The number of methoxy groups -OCH3 is 1. The summed E-state index contributed by atoms with van der Waals surface area (Å²) in [5.74, 6) is -0.370. The number of hydrogen-bond acceptors (Lipinski definition) is 10. The molecule has 2 aromatic carbocycles. The van der Waals surface area contributed by atoms with E-state index >= 15 is 0 Å². The van der Waals surface area contributed by atoms with Gasteiger partial charge in [0, 0.05) is 53.4 Å². The summed E-state index contributed by atoms with van der Waals surface area (Å²) in [6.45, 7) is 3.40. The number of esters is 1. The van der Waals surface area contributed by atoms with Crippen molar-refractivity contribution in [2.45, 2.75) is 69.5 Å². The fourth-order valence-electron chi connectivity index (χ4n) is 7.20. The molecule has 3 saturated heterocycles. The Kier molecular flexibility index (Phi) is 11.2. The average Bonchev–Trinajstić information content (AvgIpc) is 3.70. The Bertz CT molecular complexity index is 1980. The van der Waals surface area contributed by atoms with Crippen LogP contribution in [0.3, 0.4) is 0 Å². The first-order valence-electron chi connectivity index (χ1n) is 17.9. The molecule has 3 fully saturated rings. The van der Waals surface area contributed by atoms with Crippen LogP contribution in [-0.4, -0.2) is 105 Å². The summed E-state index contributed by atoms with van der Waals surface area (Å²) in [6.07, 6.45) is 2.11. The van der Waals surface area contributed by atoms with Gasteiger partial charge in [-0.15, -0.1) is 0 Å². The summed E-state index contributed by atoms with van der Waals surface area (Å²) in [5.41, 5.74) is 3.27. The molecule has 0 bridgehead atoms. The topological polar surface area (TPSA) is 148 Å². The first-order chi connectivity index (χ1) is 25.6. The lowest BCUT2D eigenvalue weighted by Crippen LogP contribution is -2.46. The highest BCUT2D eigenvalue weighted by Crippen LogP contribution is 2.30. The summed E-state index contributed by atoms with van der Waals surface area (Å²) < 4.78 is 32.8. The number of halogens is 2. The molecule has 4 aromatic rings. The number of rotatable bonds is 12. The van der Waals surface area contributed by atoms with Crippen molar-refractivity contribution in [3.63, 3.8) is 0 Å². The van der Waals surface area contributed by atoms with E-state index < -0.39 is 35.7 Å². The lowest BCUT2D eigenvalue weighted by atomic mass is 9.93. The number of likely N-dealkylation sites (tertiary alicyclic amines) is 2. The van der Waals surface area contributed by atoms with Crippen LogP contribution in [0.5, 0.6) is 5.88 Å². The average molecular weight is 749 g/mol. The number of aliphatic hydroxyl groups excluding tert-OH is 1. The maximum absolute atomic E-state index is 14.2. The van der Waals surface area contributed by atoms with Gasteiger partial charge in [-0.3, -0.25) is 14.5 Å². The Labute approximate surface area is 311 Å². The van der Waals surface area contributed by atoms with E-state index in [0.717, 1.165) is 56.0 Å². The number of aromatic nitrogens is 3. The number of ether oxygens (including phenoxy) is 3. The molecule has 2 N–H and O–H groups in total. The second kappa shape index (κ2) is 16.2. The van der Waals surface area contributed by atoms with Crippen molar-refractivity contribution in [1.29, 1.82) is 0 Å². The van der Waals surface area contributed by atoms with Gasteiger partial charge in [-0.05, 0) is 68.8 Å². The SMILES string of the molecule is COC(=O)[C@@H]1C[C@@H](O)CN1C(=O)CNC(=O)c1ccc2c(c1)nc(CN1CCC(c3cccc(OCc4ccc(Cl)cc4F)n3)CC1)n2CC1CCO1. The summed E-state index contributed by atoms with van der Waals surface area (Å²) in [6, 6.07) is 14.6. The normalized spacial score (nSPS) is 20.7.